The van der Waals surface area contributed by atoms with E-state index in [-0.39, 0.29) is 5.54 Å². The molecule has 0 radical (unpaired) electrons. The highest BCUT2D eigenvalue weighted by Crippen LogP contribution is 2.37. The second-order valence-electron chi connectivity index (χ2n) is 5.57. The molecule has 16 heavy (non-hydrogen) atoms. The third kappa shape index (κ3) is 2.41. The van der Waals surface area contributed by atoms with Crippen LogP contribution in [0.3, 0.4) is 0 Å². The molecule has 0 spiro atoms. The number of hydrogen-bond donors (Lipinski definition) is 0. The van der Waals surface area contributed by atoms with Gasteiger partial charge in [-0.1, -0.05) is 23.7 Å². The fourth-order valence-corrected chi connectivity index (χ4v) is 2.73. The molecule has 1 heterocycles. The summed E-state index contributed by atoms with van der Waals surface area (Å²) < 4.78 is 0. The van der Waals surface area contributed by atoms with E-state index in [1.807, 2.05) is 12.1 Å². The summed E-state index contributed by atoms with van der Waals surface area (Å²) in [6, 6.07) is 8.89. The fourth-order valence-electron chi connectivity index (χ4n) is 2.60. The van der Waals surface area contributed by atoms with E-state index in [9.17, 15) is 0 Å². The van der Waals surface area contributed by atoms with Gasteiger partial charge in [-0.15, -0.1) is 0 Å². The number of rotatable bonds is 1. The number of halogens is 1. The van der Waals surface area contributed by atoms with Gasteiger partial charge in [0, 0.05) is 16.6 Å². The molecule has 1 aromatic rings. The van der Waals surface area contributed by atoms with Crippen LogP contribution in [0, 0.1) is 0 Å². The molecule has 0 amide bonds. The van der Waals surface area contributed by atoms with Crippen LogP contribution in [-0.4, -0.2) is 17.0 Å². The van der Waals surface area contributed by atoms with Gasteiger partial charge in [0.05, 0.1) is 0 Å². The van der Waals surface area contributed by atoms with Crippen LogP contribution in [0.4, 0.5) is 0 Å². The Morgan fingerprint density at radius 1 is 1.19 bits per heavy atom. The Labute approximate surface area is 103 Å². The molecule has 1 nitrogen and oxygen atoms in total. The van der Waals surface area contributed by atoms with Gasteiger partial charge in [-0.05, 0) is 57.9 Å². The Balaban J connectivity index is 2.23. The van der Waals surface area contributed by atoms with Gasteiger partial charge in [0.25, 0.3) is 0 Å². The third-order valence-corrected chi connectivity index (χ3v) is 3.62. The molecule has 0 N–H and O–H groups in total. The van der Waals surface area contributed by atoms with Gasteiger partial charge in [-0.3, -0.25) is 4.90 Å². The van der Waals surface area contributed by atoms with Gasteiger partial charge >= 0.3 is 0 Å². The van der Waals surface area contributed by atoms with Crippen molar-refractivity contribution in [3.63, 3.8) is 0 Å². The minimum Gasteiger partial charge on any atom is -0.291 e. The van der Waals surface area contributed by atoms with E-state index in [1.54, 1.807) is 0 Å². The van der Waals surface area contributed by atoms with Gasteiger partial charge in [0.2, 0.25) is 0 Å². The van der Waals surface area contributed by atoms with Crippen LogP contribution >= 0.6 is 11.6 Å². The van der Waals surface area contributed by atoms with Crippen molar-refractivity contribution in [3.05, 3.63) is 34.9 Å². The second-order valence-corrected chi connectivity index (χ2v) is 6.01. The lowest BCUT2D eigenvalue weighted by molar-refractivity contribution is 0.121. The minimum atomic E-state index is 0.251. The topological polar surface area (TPSA) is 3.24 Å². The summed E-state index contributed by atoms with van der Waals surface area (Å²) in [6.45, 7) is 8.08. The molecule has 0 unspecified atom stereocenters. The maximum Gasteiger partial charge on any atom is 0.0406 e. The van der Waals surface area contributed by atoms with E-state index < -0.39 is 0 Å². The van der Waals surface area contributed by atoms with Gasteiger partial charge in [0.1, 0.15) is 0 Å². The molecule has 1 aliphatic rings. The van der Waals surface area contributed by atoms with E-state index in [2.05, 4.69) is 37.8 Å². The normalized spacial score (nSPS) is 22.6. The first-order valence-electron chi connectivity index (χ1n) is 6.01. The molecular formula is C14H20ClN. The Bertz CT molecular complexity index is 350. The quantitative estimate of drug-likeness (QED) is 0.705. The Kier molecular flexibility index (Phi) is 3.27. The van der Waals surface area contributed by atoms with Crippen molar-refractivity contribution in [2.45, 2.75) is 45.2 Å². The van der Waals surface area contributed by atoms with Crippen LogP contribution < -0.4 is 0 Å². The average Bonchev–Trinajstić information content (AvgIpc) is 2.66. The largest absolute Gasteiger partial charge is 0.291 e. The molecule has 1 aliphatic heterocycles. The number of likely N-dealkylation sites (tertiary alicyclic amines) is 1. The first-order chi connectivity index (χ1) is 7.48. The van der Waals surface area contributed by atoms with Gasteiger partial charge < -0.3 is 0 Å². The Hall–Kier alpha value is -0.530. The second kappa shape index (κ2) is 4.38. The molecule has 1 fully saturated rings. The molecule has 1 aromatic carbocycles. The van der Waals surface area contributed by atoms with E-state index in [1.165, 1.54) is 24.9 Å². The number of hydrogen-bond acceptors (Lipinski definition) is 1. The highest BCUT2D eigenvalue weighted by molar-refractivity contribution is 6.30. The van der Waals surface area contributed by atoms with E-state index in [0.29, 0.717) is 6.04 Å². The summed E-state index contributed by atoms with van der Waals surface area (Å²) in [7, 11) is 0. The Morgan fingerprint density at radius 2 is 1.81 bits per heavy atom. The van der Waals surface area contributed by atoms with Crippen molar-refractivity contribution >= 4 is 11.6 Å². The average molecular weight is 238 g/mol. The summed E-state index contributed by atoms with van der Waals surface area (Å²) in [5, 5.41) is 0.823. The highest BCUT2D eigenvalue weighted by atomic mass is 35.5. The van der Waals surface area contributed by atoms with Crippen LogP contribution in [-0.2, 0) is 0 Å². The standard InChI is InChI=1S/C14H20ClN/c1-14(2,3)16-10-4-5-13(16)11-6-8-12(15)9-7-11/h6-9,13H,4-5,10H2,1-3H3/t13-/m0/s1. The smallest absolute Gasteiger partial charge is 0.0406 e. The molecule has 0 aromatic heterocycles. The van der Waals surface area contributed by atoms with Crippen molar-refractivity contribution in [2.24, 2.45) is 0 Å². The monoisotopic (exact) mass is 237 g/mol. The van der Waals surface area contributed by atoms with Crippen molar-refractivity contribution in [3.8, 4) is 0 Å². The van der Waals surface area contributed by atoms with E-state index in [0.717, 1.165) is 5.02 Å². The van der Waals surface area contributed by atoms with Crippen molar-refractivity contribution in [1.82, 2.24) is 4.90 Å². The van der Waals surface area contributed by atoms with E-state index >= 15 is 0 Å². The first-order valence-corrected chi connectivity index (χ1v) is 6.38. The molecule has 0 saturated carbocycles. The zero-order chi connectivity index (χ0) is 11.8. The number of benzene rings is 1. The zero-order valence-electron chi connectivity index (χ0n) is 10.3. The van der Waals surface area contributed by atoms with Crippen LogP contribution in [0.1, 0.15) is 45.2 Å². The van der Waals surface area contributed by atoms with Crippen molar-refractivity contribution in [2.75, 3.05) is 6.54 Å². The molecule has 88 valence electrons. The predicted molar refractivity (Wildman–Crippen MR) is 69.9 cm³/mol. The molecular weight excluding hydrogens is 218 g/mol. The summed E-state index contributed by atoms with van der Waals surface area (Å²) in [6.07, 6.45) is 2.56. The lowest BCUT2D eigenvalue weighted by atomic mass is 9.99. The van der Waals surface area contributed by atoms with Crippen molar-refractivity contribution in [1.29, 1.82) is 0 Å². The molecule has 2 rings (SSSR count). The minimum absolute atomic E-state index is 0.251. The number of nitrogens with zero attached hydrogens (tertiary/aromatic N) is 1. The lowest BCUT2D eigenvalue weighted by Gasteiger charge is -2.37. The summed E-state index contributed by atoms with van der Waals surface area (Å²) >= 11 is 5.93. The Morgan fingerprint density at radius 3 is 2.38 bits per heavy atom. The van der Waals surface area contributed by atoms with Gasteiger partial charge in [-0.2, -0.15) is 0 Å². The molecule has 2 heteroatoms. The SMILES string of the molecule is CC(C)(C)N1CCC[C@H]1c1ccc(Cl)cc1. The van der Waals surface area contributed by atoms with E-state index in [4.69, 9.17) is 11.6 Å². The van der Waals surface area contributed by atoms with Gasteiger partial charge in [0.15, 0.2) is 0 Å². The van der Waals surface area contributed by atoms with Gasteiger partial charge in [-0.25, -0.2) is 0 Å². The highest BCUT2D eigenvalue weighted by Gasteiger charge is 2.33. The van der Waals surface area contributed by atoms with Crippen LogP contribution in [0.2, 0.25) is 5.02 Å². The lowest BCUT2D eigenvalue weighted by Crippen LogP contribution is -2.40. The molecule has 0 aliphatic carbocycles. The predicted octanol–water partition coefficient (Wildman–Crippen LogP) is 4.28. The summed E-state index contributed by atoms with van der Waals surface area (Å²) in [4.78, 5) is 2.59. The zero-order valence-corrected chi connectivity index (χ0v) is 11.1. The third-order valence-electron chi connectivity index (χ3n) is 3.37. The maximum absolute atomic E-state index is 5.93. The summed E-state index contributed by atoms with van der Waals surface area (Å²) in [5.74, 6) is 0. The molecule has 0 bridgehead atoms. The summed E-state index contributed by atoms with van der Waals surface area (Å²) in [5.41, 5.74) is 1.65. The molecule has 1 saturated heterocycles. The van der Waals surface area contributed by atoms with Crippen LogP contribution in [0.5, 0.6) is 0 Å². The van der Waals surface area contributed by atoms with Crippen LogP contribution in [0.25, 0.3) is 0 Å². The fraction of sp³-hybridized carbons (Fsp3) is 0.571. The molecule has 1 atom stereocenters. The van der Waals surface area contributed by atoms with Crippen molar-refractivity contribution < 1.29 is 0 Å². The maximum atomic E-state index is 5.93. The first kappa shape index (κ1) is 11.9. The van der Waals surface area contributed by atoms with Crippen LogP contribution in [0.15, 0.2) is 24.3 Å².